The largest absolute Gasteiger partial charge is 0.382 e. The monoisotopic (exact) mass is 256 g/mol. The third-order valence-electron chi connectivity index (χ3n) is 3.49. The Morgan fingerprint density at radius 2 is 2.17 bits per heavy atom. The van der Waals surface area contributed by atoms with Crippen molar-refractivity contribution in [3.63, 3.8) is 0 Å². The Morgan fingerprint density at radius 1 is 1.50 bits per heavy atom. The number of nitrogens with one attached hydrogen (secondary N) is 1. The maximum atomic E-state index is 5.58. The van der Waals surface area contributed by atoms with Crippen molar-refractivity contribution in [2.24, 2.45) is 16.8 Å². The number of hydrazine groups is 1. The van der Waals surface area contributed by atoms with E-state index in [0.717, 1.165) is 25.0 Å². The molecule has 0 aromatic carbocycles. The van der Waals surface area contributed by atoms with Gasteiger partial charge in [-0.1, -0.05) is 19.8 Å². The molecule has 0 aliphatic carbocycles. The first-order chi connectivity index (χ1) is 8.71. The Bertz CT molecular complexity index is 249. The number of methoxy groups -OCH3 is 1. The number of nitrogens with zero attached hydrogens (tertiary/aromatic N) is 2. The number of hydrogen-bond donors (Lipinski definition) is 2. The van der Waals surface area contributed by atoms with Crippen LogP contribution in [0, 0.1) is 5.92 Å². The summed E-state index contributed by atoms with van der Waals surface area (Å²) in [5.74, 6) is 7.26. The highest BCUT2D eigenvalue weighted by Crippen LogP contribution is 2.21. The van der Waals surface area contributed by atoms with Crippen LogP contribution in [0.2, 0.25) is 0 Å². The molecule has 18 heavy (non-hydrogen) atoms. The van der Waals surface area contributed by atoms with Gasteiger partial charge in [-0.05, 0) is 25.7 Å². The Kier molecular flexibility index (Phi) is 7.05. The second-order valence-electron chi connectivity index (χ2n) is 5.12. The fraction of sp³-hybridized carbons (Fsp3) is 0.923. The fourth-order valence-corrected chi connectivity index (χ4v) is 2.54. The van der Waals surface area contributed by atoms with Gasteiger partial charge < -0.3 is 9.64 Å². The Morgan fingerprint density at radius 3 is 2.67 bits per heavy atom. The van der Waals surface area contributed by atoms with Gasteiger partial charge >= 0.3 is 0 Å². The number of hydrogen-bond acceptors (Lipinski definition) is 3. The summed E-state index contributed by atoms with van der Waals surface area (Å²) in [5, 5.41) is 0. The van der Waals surface area contributed by atoms with Crippen molar-refractivity contribution in [3.8, 4) is 0 Å². The highest BCUT2D eigenvalue weighted by molar-refractivity contribution is 5.79. The third kappa shape index (κ3) is 4.82. The van der Waals surface area contributed by atoms with Crippen LogP contribution in [0.15, 0.2) is 4.99 Å². The van der Waals surface area contributed by atoms with E-state index in [1.54, 1.807) is 7.11 Å². The van der Waals surface area contributed by atoms with Crippen LogP contribution < -0.4 is 11.3 Å². The third-order valence-corrected chi connectivity index (χ3v) is 3.49. The second kappa shape index (κ2) is 8.32. The lowest BCUT2D eigenvalue weighted by atomic mass is 9.93. The van der Waals surface area contributed by atoms with E-state index in [4.69, 9.17) is 10.6 Å². The van der Waals surface area contributed by atoms with Gasteiger partial charge in [-0.15, -0.1) is 0 Å². The lowest BCUT2D eigenvalue weighted by Crippen LogP contribution is -2.48. The van der Waals surface area contributed by atoms with E-state index in [9.17, 15) is 0 Å². The van der Waals surface area contributed by atoms with Crippen LogP contribution in [-0.4, -0.2) is 43.7 Å². The molecule has 0 aromatic rings. The van der Waals surface area contributed by atoms with Crippen LogP contribution in [0.4, 0.5) is 0 Å². The molecule has 0 aromatic heterocycles. The second-order valence-corrected chi connectivity index (χ2v) is 5.12. The van der Waals surface area contributed by atoms with Gasteiger partial charge in [0.1, 0.15) is 0 Å². The molecule has 1 aliphatic rings. The Balaban J connectivity index is 2.47. The number of ether oxygens (including phenoxy) is 1. The first-order valence-electron chi connectivity index (χ1n) is 6.99. The topological polar surface area (TPSA) is 62.9 Å². The van der Waals surface area contributed by atoms with Crippen LogP contribution in [0.3, 0.4) is 0 Å². The van der Waals surface area contributed by atoms with Crippen LogP contribution in [0.1, 0.15) is 39.5 Å². The fourth-order valence-electron chi connectivity index (χ4n) is 2.54. The molecule has 0 bridgehead atoms. The summed E-state index contributed by atoms with van der Waals surface area (Å²) in [4.78, 5) is 6.81. The molecule has 0 amide bonds. The number of aliphatic imine (C=N–C) groups is 1. The van der Waals surface area contributed by atoms with Crippen molar-refractivity contribution in [3.05, 3.63) is 0 Å². The normalized spacial score (nSPS) is 20.0. The zero-order valence-electron chi connectivity index (χ0n) is 12.0. The zero-order chi connectivity index (χ0) is 13.4. The zero-order valence-corrected chi connectivity index (χ0v) is 12.0. The summed E-state index contributed by atoms with van der Waals surface area (Å²) in [6.07, 6.45) is 5.11. The number of guanidine groups is 1. The average Bonchev–Trinajstić information content (AvgIpc) is 2.38. The SMILES string of the molecule is CCCC1CCN(C(=NC(C)COC)NN)CC1. The average molecular weight is 256 g/mol. The first-order valence-corrected chi connectivity index (χ1v) is 6.99. The quantitative estimate of drug-likeness (QED) is 0.337. The van der Waals surface area contributed by atoms with E-state index < -0.39 is 0 Å². The standard InChI is InChI=1S/C13H28N4O/c1-4-5-12-6-8-17(9-7-12)13(16-14)15-11(2)10-18-3/h11-12H,4-10,14H2,1-3H3,(H,15,16). The van der Waals surface area contributed by atoms with Crippen LogP contribution in [0.5, 0.6) is 0 Å². The van der Waals surface area contributed by atoms with E-state index in [0.29, 0.717) is 6.61 Å². The molecule has 1 aliphatic heterocycles. The Labute approximate surface area is 111 Å². The lowest BCUT2D eigenvalue weighted by Gasteiger charge is -2.34. The van der Waals surface area contributed by atoms with E-state index in [1.165, 1.54) is 25.7 Å². The summed E-state index contributed by atoms with van der Waals surface area (Å²) < 4.78 is 5.09. The number of nitrogens with two attached hydrogens (primary N) is 1. The lowest BCUT2D eigenvalue weighted by molar-refractivity contribution is 0.184. The maximum absolute atomic E-state index is 5.58. The van der Waals surface area contributed by atoms with E-state index in [2.05, 4.69) is 22.2 Å². The molecule has 1 fully saturated rings. The smallest absolute Gasteiger partial charge is 0.208 e. The number of likely N-dealkylation sites (tertiary alicyclic amines) is 1. The highest BCUT2D eigenvalue weighted by atomic mass is 16.5. The summed E-state index contributed by atoms with van der Waals surface area (Å²) in [7, 11) is 1.69. The number of rotatable bonds is 5. The number of piperidine rings is 1. The molecule has 1 atom stereocenters. The Hall–Kier alpha value is -0.810. The van der Waals surface area contributed by atoms with Gasteiger partial charge in [0, 0.05) is 20.2 Å². The molecule has 1 saturated heterocycles. The molecule has 1 heterocycles. The van der Waals surface area contributed by atoms with Crippen molar-refractivity contribution in [2.45, 2.75) is 45.6 Å². The molecule has 106 valence electrons. The molecule has 3 N–H and O–H groups in total. The van der Waals surface area contributed by atoms with Crippen LogP contribution >= 0.6 is 0 Å². The summed E-state index contributed by atoms with van der Waals surface area (Å²) in [6.45, 7) is 7.01. The van der Waals surface area contributed by atoms with Crippen molar-refractivity contribution in [1.82, 2.24) is 10.3 Å². The predicted molar refractivity (Wildman–Crippen MR) is 75.3 cm³/mol. The van der Waals surface area contributed by atoms with Crippen molar-refractivity contribution in [1.29, 1.82) is 0 Å². The summed E-state index contributed by atoms with van der Waals surface area (Å²) in [6, 6.07) is 0.134. The predicted octanol–water partition coefficient (Wildman–Crippen LogP) is 1.35. The molecule has 0 saturated carbocycles. The van der Waals surface area contributed by atoms with Crippen molar-refractivity contribution < 1.29 is 4.74 Å². The minimum absolute atomic E-state index is 0.134. The van der Waals surface area contributed by atoms with E-state index >= 15 is 0 Å². The minimum atomic E-state index is 0.134. The molecule has 0 spiro atoms. The van der Waals surface area contributed by atoms with Crippen molar-refractivity contribution >= 4 is 5.96 Å². The first kappa shape index (κ1) is 15.2. The van der Waals surface area contributed by atoms with Gasteiger partial charge in [0.25, 0.3) is 0 Å². The molecule has 5 nitrogen and oxygen atoms in total. The molecular formula is C13H28N4O. The van der Waals surface area contributed by atoms with E-state index in [-0.39, 0.29) is 6.04 Å². The highest BCUT2D eigenvalue weighted by Gasteiger charge is 2.21. The minimum Gasteiger partial charge on any atom is -0.382 e. The molecule has 1 unspecified atom stereocenters. The van der Waals surface area contributed by atoms with Crippen LogP contribution in [-0.2, 0) is 4.74 Å². The van der Waals surface area contributed by atoms with Gasteiger partial charge in [0.05, 0.1) is 12.6 Å². The van der Waals surface area contributed by atoms with Crippen molar-refractivity contribution in [2.75, 3.05) is 26.8 Å². The van der Waals surface area contributed by atoms with Gasteiger partial charge in [-0.2, -0.15) is 0 Å². The van der Waals surface area contributed by atoms with Crippen LogP contribution in [0.25, 0.3) is 0 Å². The molecule has 0 radical (unpaired) electrons. The van der Waals surface area contributed by atoms with Gasteiger partial charge in [0.15, 0.2) is 0 Å². The van der Waals surface area contributed by atoms with Gasteiger partial charge in [-0.25, -0.2) is 10.8 Å². The van der Waals surface area contributed by atoms with Gasteiger partial charge in [0.2, 0.25) is 5.96 Å². The maximum Gasteiger partial charge on any atom is 0.208 e. The molecule has 1 rings (SSSR count). The van der Waals surface area contributed by atoms with E-state index in [1.807, 2.05) is 6.92 Å². The molecular weight excluding hydrogens is 228 g/mol. The molecule has 5 heteroatoms. The van der Waals surface area contributed by atoms with Gasteiger partial charge in [-0.3, -0.25) is 5.43 Å². The summed E-state index contributed by atoms with van der Waals surface area (Å²) in [5.41, 5.74) is 2.73. The summed E-state index contributed by atoms with van der Waals surface area (Å²) >= 11 is 0.